The summed E-state index contributed by atoms with van der Waals surface area (Å²) in [6.45, 7) is 2.43. The maximum Gasteiger partial charge on any atom is 0.255 e. The molecule has 0 saturated heterocycles. The van der Waals surface area contributed by atoms with E-state index in [1.807, 2.05) is 6.92 Å². The number of aromatic nitrogens is 1. The molecule has 1 aromatic heterocycles. The van der Waals surface area contributed by atoms with Crippen molar-refractivity contribution < 1.29 is 13.9 Å². The molecule has 98 valence electrons. The zero-order valence-corrected chi connectivity index (χ0v) is 10.4. The van der Waals surface area contributed by atoms with Gasteiger partial charge in [-0.15, -0.1) is 0 Å². The van der Waals surface area contributed by atoms with Gasteiger partial charge in [-0.3, -0.25) is 4.79 Å². The average Bonchev–Trinajstić information content (AvgIpc) is 2.39. The Balaban J connectivity index is 2.12. The second kappa shape index (κ2) is 5.95. The number of hydrogen-bond donors (Lipinski definition) is 1. The summed E-state index contributed by atoms with van der Waals surface area (Å²) in [5.74, 6) is -0.410. The van der Waals surface area contributed by atoms with Crippen LogP contribution in [0.3, 0.4) is 0 Å². The van der Waals surface area contributed by atoms with Gasteiger partial charge in [0.1, 0.15) is 5.75 Å². The number of nitrogens with zero attached hydrogens (tertiary/aromatic N) is 1. The molecule has 1 aromatic carbocycles. The van der Waals surface area contributed by atoms with E-state index in [2.05, 4.69) is 10.3 Å². The van der Waals surface area contributed by atoms with Crippen LogP contribution in [-0.2, 0) is 0 Å². The van der Waals surface area contributed by atoms with Crippen molar-refractivity contribution in [2.24, 2.45) is 0 Å². The molecule has 1 heterocycles. The van der Waals surface area contributed by atoms with Gasteiger partial charge in [0.2, 0.25) is 5.95 Å². The van der Waals surface area contributed by atoms with Crippen LogP contribution in [0.1, 0.15) is 17.3 Å². The highest BCUT2D eigenvalue weighted by atomic mass is 19.1. The molecular formula is C14H13FN2O2. The van der Waals surface area contributed by atoms with Crippen LogP contribution in [0.4, 0.5) is 10.1 Å². The highest BCUT2D eigenvalue weighted by Gasteiger charge is 2.07. The van der Waals surface area contributed by atoms with Gasteiger partial charge in [-0.25, -0.2) is 4.98 Å². The zero-order chi connectivity index (χ0) is 13.7. The lowest BCUT2D eigenvalue weighted by molar-refractivity contribution is 0.102. The minimum absolute atomic E-state index is 0.217. The van der Waals surface area contributed by atoms with Gasteiger partial charge < -0.3 is 10.1 Å². The Morgan fingerprint density at radius 2 is 2.21 bits per heavy atom. The van der Waals surface area contributed by atoms with Gasteiger partial charge in [0.05, 0.1) is 6.61 Å². The number of hydrogen-bond acceptors (Lipinski definition) is 3. The monoisotopic (exact) mass is 260 g/mol. The quantitative estimate of drug-likeness (QED) is 0.860. The van der Waals surface area contributed by atoms with Gasteiger partial charge in [-0.05, 0) is 25.1 Å². The molecule has 0 radical (unpaired) electrons. The van der Waals surface area contributed by atoms with Crippen molar-refractivity contribution >= 4 is 11.6 Å². The van der Waals surface area contributed by atoms with Crippen LogP contribution in [-0.4, -0.2) is 17.5 Å². The van der Waals surface area contributed by atoms with E-state index in [1.54, 1.807) is 24.3 Å². The second-order valence-corrected chi connectivity index (χ2v) is 3.78. The molecule has 1 amide bonds. The number of amides is 1. The lowest BCUT2D eigenvalue weighted by atomic mass is 10.2. The molecular weight excluding hydrogens is 247 g/mol. The molecule has 0 saturated carbocycles. The number of ether oxygens (including phenoxy) is 1. The third kappa shape index (κ3) is 3.51. The van der Waals surface area contributed by atoms with Gasteiger partial charge in [0.25, 0.3) is 5.91 Å². The molecule has 19 heavy (non-hydrogen) atoms. The summed E-state index contributed by atoms with van der Waals surface area (Å²) in [7, 11) is 0. The molecule has 4 nitrogen and oxygen atoms in total. The second-order valence-electron chi connectivity index (χ2n) is 3.78. The largest absolute Gasteiger partial charge is 0.494 e. The molecule has 0 aliphatic carbocycles. The molecule has 0 spiro atoms. The van der Waals surface area contributed by atoms with Crippen molar-refractivity contribution in [3.8, 4) is 5.75 Å². The first kappa shape index (κ1) is 13.0. The maximum absolute atomic E-state index is 12.9. The molecule has 1 N–H and O–H groups in total. The Morgan fingerprint density at radius 1 is 1.37 bits per heavy atom. The Kier molecular flexibility index (Phi) is 4.07. The normalized spacial score (nSPS) is 10.0. The summed E-state index contributed by atoms with van der Waals surface area (Å²) in [4.78, 5) is 15.3. The molecule has 2 rings (SSSR count). The minimum atomic E-state index is -0.685. The van der Waals surface area contributed by atoms with Crippen LogP contribution in [0, 0.1) is 5.95 Å². The van der Waals surface area contributed by atoms with Gasteiger partial charge in [0.15, 0.2) is 0 Å². The van der Waals surface area contributed by atoms with E-state index >= 15 is 0 Å². The fourth-order valence-electron chi connectivity index (χ4n) is 1.58. The number of halogens is 1. The predicted octanol–water partition coefficient (Wildman–Crippen LogP) is 2.87. The number of anilines is 1. The standard InChI is InChI=1S/C14H13FN2O2/c1-2-19-12-5-3-4-11(9-12)17-14(18)10-6-7-16-13(15)8-10/h3-9H,2H2,1H3,(H,17,18). The van der Waals surface area contributed by atoms with Crippen molar-refractivity contribution in [1.29, 1.82) is 0 Å². The number of benzene rings is 1. The first-order valence-corrected chi connectivity index (χ1v) is 5.85. The van der Waals surface area contributed by atoms with Crippen molar-refractivity contribution in [2.45, 2.75) is 6.92 Å². The van der Waals surface area contributed by atoms with Gasteiger partial charge >= 0.3 is 0 Å². The van der Waals surface area contributed by atoms with Crippen LogP contribution in [0.15, 0.2) is 42.6 Å². The summed E-state index contributed by atoms with van der Waals surface area (Å²) >= 11 is 0. The highest BCUT2D eigenvalue weighted by Crippen LogP contribution is 2.18. The van der Waals surface area contributed by atoms with E-state index in [0.29, 0.717) is 18.0 Å². The third-order valence-corrected chi connectivity index (χ3v) is 2.39. The van der Waals surface area contributed by atoms with Crippen LogP contribution >= 0.6 is 0 Å². The van der Waals surface area contributed by atoms with Gasteiger partial charge in [-0.1, -0.05) is 6.07 Å². The van der Waals surface area contributed by atoms with Crippen molar-refractivity contribution in [3.05, 3.63) is 54.1 Å². The molecule has 0 aliphatic heterocycles. The van der Waals surface area contributed by atoms with Crippen LogP contribution in [0.5, 0.6) is 5.75 Å². The molecule has 0 aliphatic rings. The number of carbonyl (C=O) groups excluding carboxylic acids is 1. The average molecular weight is 260 g/mol. The lowest BCUT2D eigenvalue weighted by Crippen LogP contribution is -2.12. The topological polar surface area (TPSA) is 51.2 Å². The van der Waals surface area contributed by atoms with E-state index in [4.69, 9.17) is 4.74 Å². The smallest absolute Gasteiger partial charge is 0.255 e. The van der Waals surface area contributed by atoms with Gasteiger partial charge in [0, 0.05) is 29.6 Å². The molecule has 0 bridgehead atoms. The van der Waals surface area contributed by atoms with Crippen molar-refractivity contribution in [1.82, 2.24) is 4.98 Å². The Hall–Kier alpha value is -2.43. The van der Waals surface area contributed by atoms with Crippen LogP contribution in [0.2, 0.25) is 0 Å². The molecule has 5 heteroatoms. The van der Waals surface area contributed by atoms with E-state index in [1.165, 1.54) is 12.3 Å². The maximum atomic E-state index is 12.9. The zero-order valence-electron chi connectivity index (χ0n) is 10.4. The predicted molar refractivity (Wildman–Crippen MR) is 69.8 cm³/mol. The molecule has 0 fully saturated rings. The molecule has 0 unspecified atom stereocenters. The van der Waals surface area contributed by atoms with E-state index in [9.17, 15) is 9.18 Å². The van der Waals surface area contributed by atoms with Gasteiger partial charge in [-0.2, -0.15) is 4.39 Å². The summed E-state index contributed by atoms with van der Waals surface area (Å²) < 4.78 is 18.3. The van der Waals surface area contributed by atoms with Crippen LogP contribution in [0.25, 0.3) is 0 Å². The van der Waals surface area contributed by atoms with Crippen molar-refractivity contribution in [2.75, 3.05) is 11.9 Å². The lowest BCUT2D eigenvalue weighted by Gasteiger charge is -2.07. The number of carbonyl (C=O) groups is 1. The highest BCUT2D eigenvalue weighted by molar-refractivity contribution is 6.04. The van der Waals surface area contributed by atoms with Crippen molar-refractivity contribution in [3.63, 3.8) is 0 Å². The Morgan fingerprint density at radius 3 is 2.95 bits per heavy atom. The van der Waals surface area contributed by atoms with E-state index in [-0.39, 0.29) is 5.56 Å². The third-order valence-electron chi connectivity index (χ3n) is 2.39. The number of pyridine rings is 1. The molecule has 0 atom stereocenters. The van der Waals surface area contributed by atoms with Crippen LogP contribution < -0.4 is 10.1 Å². The summed E-state index contributed by atoms with van der Waals surface area (Å²) in [5.41, 5.74) is 0.808. The summed E-state index contributed by atoms with van der Waals surface area (Å²) in [6, 6.07) is 9.54. The first-order chi connectivity index (χ1) is 9.19. The van der Waals surface area contributed by atoms with E-state index in [0.717, 1.165) is 6.07 Å². The Bertz CT molecular complexity index is 587. The van der Waals surface area contributed by atoms with E-state index < -0.39 is 11.9 Å². The fraction of sp³-hybridized carbons (Fsp3) is 0.143. The molecule has 2 aromatic rings. The first-order valence-electron chi connectivity index (χ1n) is 5.85. The fourth-order valence-corrected chi connectivity index (χ4v) is 1.58. The summed E-state index contributed by atoms with van der Waals surface area (Å²) in [5, 5.41) is 2.67. The minimum Gasteiger partial charge on any atom is -0.494 e. The SMILES string of the molecule is CCOc1cccc(NC(=O)c2ccnc(F)c2)c1. The number of nitrogens with one attached hydrogen (secondary N) is 1. The summed E-state index contributed by atoms with van der Waals surface area (Å²) in [6.07, 6.45) is 1.25. The Labute approximate surface area is 110 Å². The number of rotatable bonds is 4.